The van der Waals surface area contributed by atoms with E-state index in [0.717, 1.165) is 12.2 Å². The molecule has 0 amide bonds. The molecule has 14 heavy (non-hydrogen) atoms. The molecule has 0 saturated heterocycles. The van der Waals surface area contributed by atoms with Crippen LogP contribution in [0.15, 0.2) is 24.3 Å². The topological polar surface area (TPSA) is 0 Å². The van der Waals surface area contributed by atoms with Gasteiger partial charge in [0.05, 0.1) is 0 Å². The second-order valence-corrected chi connectivity index (χ2v) is 4.92. The molecule has 0 fully saturated rings. The average molecular weight is 234 g/mol. The Morgan fingerprint density at radius 1 is 0.786 bits per heavy atom. The molecule has 0 aliphatic heterocycles. The quantitative estimate of drug-likeness (QED) is 0.475. The summed E-state index contributed by atoms with van der Waals surface area (Å²) in [4.78, 5) is 0. The van der Waals surface area contributed by atoms with Gasteiger partial charge in [-0.3, -0.25) is 0 Å². The Morgan fingerprint density at radius 3 is 1.43 bits per heavy atom. The highest BCUT2D eigenvalue weighted by molar-refractivity contribution is 7.60. The van der Waals surface area contributed by atoms with E-state index in [0.29, 0.717) is 0 Å². The van der Waals surface area contributed by atoms with Gasteiger partial charge in [-0.15, -0.1) is 0 Å². The number of hydrogen-bond donors (Lipinski definition) is 0. The van der Waals surface area contributed by atoms with Crippen molar-refractivity contribution in [1.82, 2.24) is 0 Å². The van der Waals surface area contributed by atoms with E-state index >= 15 is 0 Å². The third-order valence-electron chi connectivity index (χ3n) is 1.57. The molecule has 80 valence electrons. The van der Waals surface area contributed by atoms with Gasteiger partial charge in [0.1, 0.15) is 7.92 Å². The SMILES string of the molecule is FC(F)(F)P(C1C=CC=C1)C(F)(F)F. The van der Waals surface area contributed by atoms with Crippen LogP contribution >= 0.6 is 7.92 Å². The fraction of sp³-hybridized carbons (Fsp3) is 0.429. The molecule has 1 aliphatic rings. The zero-order valence-corrected chi connectivity index (χ0v) is 7.50. The van der Waals surface area contributed by atoms with Crippen LogP contribution < -0.4 is 0 Å². The van der Waals surface area contributed by atoms with Crippen molar-refractivity contribution >= 4 is 7.92 Å². The summed E-state index contributed by atoms with van der Waals surface area (Å²) in [6.45, 7) is 0. The average Bonchev–Trinajstić information content (AvgIpc) is 2.31. The molecule has 7 heteroatoms. The number of halogens is 6. The Labute approximate surface area is 77.0 Å². The molecule has 0 atom stereocenters. The lowest BCUT2D eigenvalue weighted by Gasteiger charge is -2.25. The van der Waals surface area contributed by atoms with Gasteiger partial charge in [-0.25, -0.2) is 0 Å². The molecule has 0 bridgehead atoms. The van der Waals surface area contributed by atoms with E-state index in [9.17, 15) is 26.3 Å². The highest BCUT2D eigenvalue weighted by atomic mass is 31.1. The van der Waals surface area contributed by atoms with Gasteiger partial charge in [0.2, 0.25) is 0 Å². The predicted octanol–water partition coefficient (Wildman–Crippen LogP) is 4.00. The van der Waals surface area contributed by atoms with Crippen molar-refractivity contribution < 1.29 is 26.3 Å². The van der Waals surface area contributed by atoms with Gasteiger partial charge in [-0.05, 0) is 0 Å². The normalized spacial score (nSPS) is 18.5. The van der Waals surface area contributed by atoms with Gasteiger partial charge in [0, 0.05) is 5.66 Å². The fourth-order valence-electron chi connectivity index (χ4n) is 1.07. The van der Waals surface area contributed by atoms with Gasteiger partial charge < -0.3 is 0 Å². The monoisotopic (exact) mass is 234 g/mol. The first-order chi connectivity index (χ1) is 6.23. The minimum atomic E-state index is -5.20. The van der Waals surface area contributed by atoms with Gasteiger partial charge in [-0.1, -0.05) is 24.3 Å². The summed E-state index contributed by atoms with van der Waals surface area (Å²) in [5.41, 5.74) is -1.56. The Morgan fingerprint density at radius 2 is 1.14 bits per heavy atom. The lowest BCUT2D eigenvalue weighted by atomic mass is 10.5. The fourth-order valence-corrected chi connectivity index (χ4v) is 2.58. The van der Waals surface area contributed by atoms with E-state index in [2.05, 4.69) is 0 Å². The molecule has 0 unspecified atom stereocenters. The summed E-state index contributed by atoms with van der Waals surface area (Å²) in [5, 5.41) is 0. The summed E-state index contributed by atoms with van der Waals surface area (Å²) < 4.78 is 72.7. The van der Waals surface area contributed by atoms with Crippen LogP contribution in [0.5, 0.6) is 0 Å². The smallest absolute Gasteiger partial charge is 0.166 e. The van der Waals surface area contributed by atoms with Crippen molar-refractivity contribution in [2.24, 2.45) is 0 Å². The van der Waals surface area contributed by atoms with Crippen molar-refractivity contribution in [2.75, 3.05) is 0 Å². The molecule has 0 nitrogen and oxygen atoms in total. The first kappa shape index (κ1) is 11.6. The van der Waals surface area contributed by atoms with Crippen molar-refractivity contribution in [3.05, 3.63) is 24.3 Å². The molecule has 0 aromatic carbocycles. The Bertz CT molecular complexity index is 234. The van der Waals surface area contributed by atoms with E-state index in [1.54, 1.807) is 0 Å². The molecule has 1 aliphatic carbocycles. The lowest BCUT2D eigenvalue weighted by Crippen LogP contribution is -2.23. The van der Waals surface area contributed by atoms with Crippen LogP contribution in [0.25, 0.3) is 0 Å². The molecule has 1 rings (SSSR count). The van der Waals surface area contributed by atoms with Gasteiger partial charge in [-0.2, -0.15) is 26.3 Å². The molecule has 0 heterocycles. The summed E-state index contributed by atoms with van der Waals surface area (Å²) in [6, 6.07) is 0. The van der Waals surface area contributed by atoms with Crippen LogP contribution in [0.2, 0.25) is 0 Å². The molecular weight excluding hydrogens is 229 g/mol. The van der Waals surface area contributed by atoms with Crippen LogP contribution in [-0.2, 0) is 0 Å². The molecule has 0 spiro atoms. The third kappa shape index (κ3) is 2.50. The summed E-state index contributed by atoms with van der Waals surface area (Å²) >= 11 is 0. The molecule has 0 aromatic heterocycles. The maximum absolute atomic E-state index is 12.1. The van der Waals surface area contributed by atoms with E-state index < -0.39 is 25.4 Å². The maximum atomic E-state index is 12.1. The first-order valence-corrected chi connectivity index (χ1v) is 4.92. The number of allylic oxidation sites excluding steroid dienone is 4. The van der Waals surface area contributed by atoms with Crippen LogP contribution in [0.4, 0.5) is 26.3 Å². The molecular formula is C7H5F6P. The molecule has 0 aromatic rings. The van der Waals surface area contributed by atoms with E-state index in [-0.39, 0.29) is 0 Å². The Balaban J connectivity index is 2.94. The van der Waals surface area contributed by atoms with E-state index in [4.69, 9.17) is 0 Å². The lowest BCUT2D eigenvalue weighted by molar-refractivity contribution is -0.0837. The maximum Gasteiger partial charge on any atom is 0.414 e. The Hall–Kier alpha value is -0.510. The van der Waals surface area contributed by atoms with Crippen LogP contribution in [0, 0.1) is 0 Å². The highest BCUT2D eigenvalue weighted by Gasteiger charge is 2.59. The zero-order valence-electron chi connectivity index (χ0n) is 6.60. The summed E-state index contributed by atoms with van der Waals surface area (Å²) in [5.74, 6) is -10.4. The molecule has 0 N–H and O–H groups in total. The van der Waals surface area contributed by atoms with Crippen molar-refractivity contribution in [2.45, 2.75) is 17.5 Å². The second kappa shape index (κ2) is 3.57. The first-order valence-electron chi connectivity index (χ1n) is 3.51. The van der Waals surface area contributed by atoms with Gasteiger partial charge in [0.15, 0.2) is 0 Å². The second-order valence-electron chi connectivity index (χ2n) is 2.57. The summed E-state index contributed by atoms with van der Waals surface area (Å²) in [6.07, 6.45) is 4.23. The Kier molecular flexibility index (Phi) is 2.95. The minimum Gasteiger partial charge on any atom is -0.166 e. The zero-order chi connectivity index (χ0) is 11.0. The van der Waals surface area contributed by atoms with Crippen molar-refractivity contribution in [1.29, 1.82) is 0 Å². The third-order valence-corrected chi connectivity index (χ3v) is 3.61. The number of rotatable bonds is 1. The highest BCUT2D eigenvalue weighted by Crippen LogP contribution is 2.68. The van der Waals surface area contributed by atoms with Crippen molar-refractivity contribution in [3.63, 3.8) is 0 Å². The number of hydrogen-bond acceptors (Lipinski definition) is 0. The van der Waals surface area contributed by atoms with Crippen LogP contribution in [-0.4, -0.2) is 17.5 Å². The minimum absolute atomic E-state index is 0.923. The standard InChI is InChI=1S/C7H5F6P/c8-6(9,10)14(7(11,12)13)5-3-1-2-4-5/h1-5H. The van der Waals surface area contributed by atoms with Crippen LogP contribution in [0.1, 0.15) is 0 Å². The molecule has 0 saturated carbocycles. The number of alkyl halides is 6. The van der Waals surface area contributed by atoms with Gasteiger partial charge >= 0.3 is 11.8 Å². The van der Waals surface area contributed by atoms with Gasteiger partial charge in [0.25, 0.3) is 0 Å². The molecule has 0 radical (unpaired) electrons. The van der Waals surface area contributed by atoms with E-state index in [1.165, 1.54) is 12.2 Å². The largest absolute Gasteiger partial charge is 0.414 e. The van der Waals surface area contributed by atoms with Crippen molar-refractivity contribution in [3.8, 4) is 0 Å². The summed E-state index contributed by atoms with van der Waals surface area (Å²) in [7, 11) is -4.02. The van der Waals surface area contributed by atoms with Crippen LogP contribution in [0.3, 0.4) is 0 Å². The predicted molar refractivity (Wildman–Crippen MR) is 41.1 cm³/mol. The van der Waals surface area contributed by atoms with E-state index in [1.807, 2.05) is 0 Å².